The fraction of sp³-hybridized carbons (Fsp3) is 0.257. The van der Waals surface area contributed by atoms with E-state index in [1.54, 1.807) is 0 Å². The van der Waals surface area contributed by atoms with Crippen molar-refractivity contribution >= 4 is 37.5 Å². The Morgan fingerprint density at radius 3 is 1.46 bits per heavy atom. The second-order valence-corrected chi connectivity index (χ2v) is 12.4. The van der Waals surface area contributed by atoms with Gasteiger partial charge in [0.25, 0.3) is 0 Å². The van der Waals surface area contributed by atoms with Crippen LogP contribution in [0.25, 0.3) is 32.7 Å². The first kappa shape index (κ1) is 25.7. The highest BCUT2D eigenvalue weighted by Crippen LogP contribution is 2.46. The summed E-state index contributed by atoms with van der Waals surface area (Å²) in [4.78, 5) is 0. The minimum Gasteiger partial charge on any atom is -0.384 e. The zero-order chi connectivity index (χ0) is 26.6. The van der Waals surface area contributed by atoms with E-state index in [-0.39, 0.29) is 5.41 Å². The summed E-state index contributed by atoms with van der Waals surface area (Å²) in [5.41, 5.74) is 10.7. The van der Waals surface area contributed by atoms with E-state index < -0.39 is 6.10 Å². The van der Waals surface area contributed by atoms with Crippen LogP contribution >= 0.6 is 15.9 Å². The number of aliphatic hydroxyl groups excluding tert-OH is 1. The molecule has 0 saturated heterocycles. The van der Waals surface area contributed by atoms with Gasteiger partial charge in [-0.15, -0.1) is 0 Å². The minimum absolute atomic E-state index is 0.0898. The van der Waals surface area contributed by atoms with Crippen molar-refractivity contribution < 1.29 is 5.11 Å². The van der Waals surface area contributed by atoms with Crippen molar-refractivity contribution in [3.8, 4) is 11.1 Å². The van der Waals surface area contributed by atoms with Crippen LogP contribution in [-0.2, 0) is 5.41 Å². The van der Waals surface area contributed by atoms with Crippen LogP contribution < -0.4 is 0 Å². The molecule has 5 rings (SSSR count). The SMILES string of the molecule is Cc1cc(C(C)(C)C)cc(C)c1-c1c2ccccc2c(C(O)c2c(C)cc(Br)cc2C)c2ccccc12. The van der Waals surface area contributed by atoms with Gasteiger partial charge in [-0.05, 0) is 111 Å². The molecular formula is C35H35BrO. The summed E-state index contributed by atoms with van der Waals surface area (Å²) in [6.45, 7) is 15.4. The number of benzene rings is 5. The zero-order valence-corrected chi connectivity index (χ0v) is 24.4. The topological polar surface area (TPSA) is 20.2 Å². The van der Waals surface area contributed by atoms with Crippen LogP contribution in [0.2, 0.25) is 0 Å². The van der Waals surface area contributed by atoms with Gasteiger partial charge in [-0.2, -0.15) is 0 Å². The predicted octanol–water partition coefficient (Wildman–Crippen LogP) is 10.0. The molecule has 0 radical (unpaired) electrons. The molecule has 5 aromatic carbocycles. The third-order valence-electron chi connectivity index (χ3n) is 7.73. The van der Waals surface area contributed by atoms with Crippen LogP contribution in [0.5, 0.6) is 0 Å². The van der Waals surface area contributed by atoms with E-state index in [0.717, 1.165) is 37.5 Å². The Hall–Kier alpha value is -2.94. The molecule has 0 amide bonds. The van der Waals surface area contributed by atoms with E-state index in [2.05, 4.69) is 137 Å². The molecule has 1 N–H and O–H groups in total. The summed E-state index contributed by atoms with van der Waals surface area (Å²) in [5, 5.41) is 16.6. The molecule has 0 aliphatic rings. The zero-order valence-electron chi connectivity index (χ0n) is 22.8. The van der Waals surface area contributed by atoms with Crippen molar-refractivity contribution in [3.63, 3.8) is 0 Å². The van der Waals surface area contributed by atoms with Crippen LogP contribution in [0, 0.1) is 27.7 Å². The summed E-state index contributed by atoms with van der Waals surface area (Å²) in [5.74, 6) is 0. The van der Waals surface area contributed by atoms with E-state index in [9.17, 15) is 5.11 Å². The number of fused-ring (bicyclic) bond motifs is 2. The molecule has 5 aromatic rings. The number of aryl methyl sites for hydroxylation is 4. The maximum atomic E-state index is 12.0. The molecule has 2 heteroatoms. The normalized spacial score (nSPS) is 12.9. The number of hydrogen-bond acceptors (Lipinski definition) is 1. The molecule has 0 aliphatic carbocycles. The molecule has 1 nitrogen and oxygen atoms in total. The van der Waals surface area contributed by atoms with E-state index in [1.165, 1.54) is 38.6 Å². The lowest BCUT2D eigenvalue weighted by Crippen LogP contribution is -2.12. The van der Waals surface area contributed by atoms with E-state index in [0.29, 0.717) is 0 Å². The molecule has 0 aromatic heterocycles. The Balaban J connectivity index is 1.90. The van der Waals surface area contributed by atoms with Gasteiger partial charge in [-0.3, -0.25) is 0 Å². The third-order valence-corrected chi connectivity index (χ3v) is 8.19. The van der Waals surface area contributed by atoms with Crippen LogP contribution in [-0.4, -0.2) is 5.11 Å². The second kappa shape index (κ2) is 9.42. The van der Waals surface area contributed by atoms with Gasteiger partial charge in [-0.25, -0.2) is 0 Å². The maximum Gasteiger partial charge on any atom is 0.106 e. The average Bonchev–Trinajstić information content (AvgIpc) is 2.81. The minimum atomic E-state index is -0.734. The fourth-order valence-corrected chi connectivity index (χ4v) is 6.70. The van der Waals surface area contributed by atoms with Gasteiger partial charge in [0.15, 0.2) is 0 Å². The van der Waals surface area contributed by atoms with Crippen molar-refractivity contribution in [1.29, 1.82) is 0 Å². The lowest BCUT2D eigenvalue weighted by molar-refractivity contribution is 0.222. The summed E-state index contributed by atoms with van der Waals surface area (Å²) in [7, 11) is 0. The van der Waals surface area contributed by atoms with Crippen molar-refractivity contribution in [2.75, 3.05) is 0 Å². The van der Waals surface area contributed by atoms with E-state index >= 15 is 0 Å². The van der Waals surface area contributed by atoms with Gasteiger partial charge in [0, 0.05) is 10.0 Å². The molecule has 188 valence electrons. The van der Waals surface area contributed by atoms with Crippen LogP contribution in [0.3, 0.4) is 0 Å². The summed E-state index contributed by atoms with van der Waals surface area (Å²) >= 11 is 3.62. The van der Waals surface area contributed by atoms with Crippen molar-refractivity contribution in [2.24, 2.45) is 0 Å². The molecule has 0 aliphatic heterocycles. The molecule has 0 heterocycles. The van der Waals surface area contributed by atoms with Crippen molar-refractivity contribution in [2.45, 2.75) is 60.0 Å². The van der Waals surface area contributed by atoms with Crippen LogP contribution in [0.4, 0.5) is 0 Å². The molecular weight excluding hydrogens is 516 g/mol. The quantitative estimate of drug-likeness (QED) is 0.221. The Bertz CT molecular complexity index is 1570. The van der Waals surface area contributed by atoms with Gasteiger partial charge in [0.05, 0.1) is 0 Å². The van der Waals surface area contributed by atoms with Crippen LogP contribution in [0.15, 0.2) is 77.3 Å². The number of halogens is 1. The molecule has 0 saturated carbocycles. The molecule has 0 spiro atoms. The third kappa shape index (κ3) is 4.41. The molecule has 1 unspecified atom stereocenters. The van der Waals surface area contributed by atoms with Gasteiger partial charge in [0.1, 0.15) is 6.10 Å². The predicted molar refractivity (Wildman–Crippen MR) is 163 cm³/mol. The Morgan fingerprint density at radius 2 is 1.03 bits per heavy atom. The fourth-order valence-electron chi connectivity index (χ4n) is 6.01. The van der Waals surface area contributed by atoms with Gasteiger partial charge in [-0.1, -0.05) is 97.4 Å². The Kier molecular flexibility index (Phi) is 6.54. The highest BCUT2D eigenvalue weighted by atomic mass is 79.9. The summed E-state index contributed by atoms with van der Waals surface area (Å²) < 4.78 is 1.04. The van der Waals surface area contributed by atoms with E-state index in [4.69, 9.17) is 0 Å². The lowest BCUT2D eigenvalue weighted by Gasteiger charge is -2.26. The summed E-state index contributed by atoms with van der Waals surface area (Å²) in [6.07, 6.45) is -0.734. The smallest absolute Gasteiger partial charge is 0.106 e. The Labute approximate surface area is 229 Å². The molecule has 0 bridgehead atoms. The first-order valence-corrected chi connectivity index (χ1v) is 13.8. The molecule has 1 atom stereocenters. The number of rotatable bonds is 3. The highest BCUT2D eigenvalue weighted by molar-refractivity contribution is 9.10. The molecule has 0 fully saturated rings. The number of aliphatic hydroxyl groups is 1. The van der Waals surface area contributed by atoms with Crippen molar-refractivity contribution in [1.82, 2.24) is 0 Å². The first-order valence-electron chi connectivity index (χ1n) is 13.0. The first-order chi connectivity index (χ1) is 17.5. The van der Waals surface area contributed by atoms with Gasteiger partial charge in [0.2, 0.25) is 0 Å². The lowest BCUT2D eigenvalue weighted by atomic mass is 9.79. The summed E-state index contributed by atoms with van der Waals surface area (Å²) in [6, 6.07) is 26.0. The van der Waals surface area contributed by atoms with Gasteiger partial charge < -0.3 is 5.11 Å². The average molecular weight is 552 g/mol. The Morgan fingerprint density at radius 1 is 0.595 bits per heavy atom. The van der Waals surface area contributed by atoms with Gasteiger partial charge >= 0.3 is 0 Å². The maximum absolute atomic E-state index is 12.0. The highest BCUT2D eigenvalue weighted by Gasteiger charge is 2.25. The monoisotopic (exact) mass is 550 g/mol. The van der Waals surface area contributed by atoms with Crippen molar-refractivity contribution in [3.05, 3.63) is 116 Å². The largest absolute Gasteiger partial charge is 0.384 e. The number of hydrogen-bond donors (Lipinski definition) is 1. The van der Waals surface area contributed by atoms with Crippen LogP contribution in [0.1, 0.15) is 65.8 Å². The van der Waals surface area contributed by atoms with E-state index in [1.807, 2.05) is 0 Å². The molecule has 37 heavy (non-hydrogen) atoms. The second-order valence-electron chi connectivity index (χ2n) is 11.5. The standard InChI is InChI=1S/C35H35BrO/c1-20-16-24(35(5,6)7)17-21(2)30(20)32-26-12-8-10-14-28(26)33(29-15-11-9-13-27(29)32)34(37)31-22(3)18-25(36)19-23(31)4/h8-19,34,37H,1-7H3.